The van der Waals surface area contributed by atoms with Crippen LogP contribution in [0.5, 0.6) is 0 Å². The van der Waals surface area contributed by atoms with Gasteiger partial charge >= 0.3 is 29.6 Å². The number of hydrogen-bond acceptors (Lipinski definition) is 2. The smallest absolute Gasteiger partial charge is 0.772 e. The minimum absolute atomic E-state index is 0. The SMILES string of the molecule is O=S([O-])CCC1CC1(F)F.[Na+]. The van der Waals surface area contributed by atoms with Crippen LogP contribution in [-0.2, 0) is 11.1 Å². The molecule has 1 fully saturated rings. The van der Waals surface area contributed by atoms with E-state index < -0.39 is 22.9 Å². The van der Waals surface area contributed by atoms with Crippen molar-refractivity contribution in [1.82, 2.24) is 0 Å². The van der Waals surface area contributed by atoms with Crippen molar-refractivity contribution in [2.24, 2.45) is 5.92 Å². The van der Waals surface area contributed by atoms with Gasteiger partial charge in [-0.25, -0.2) is 8.78 Å². The van der Waals surface area contributed by atoms with Gasteiger partial charge in [-0.1, -0.05) is 11.1 Å². The molecule has 0 amide bonds. The van der Waals surface area contributed by atoms with Crippen LogP contribution in [0, 0.1) is 5.92 Å². The summed E-state index contributed by atoms with van der Waals surface area (Å²) in [7, 11) is 0. The molecule has 0 N–H and O–H groups in total. The standard InChI is InChI=1S/C5H8F2O2S.Na/c6-5(7)3-4(5)1-2-10(8)9;/h4H,1-3H2,(H,8,9);/q;+1/p-1. The monoisotopic (exact) mass is 192 g/mol. The minimum Gasteiger partial charge on any atom is -0.772 e. The zero-order chi connectivity index (χ0) is 7.78. The number of hydrogen-bond donors (Lipinski definition) is 0. The molecule has 0 aromatic carbocycles. The van der Waals surface area contributed by atoms with Crippen molar-refractivity contribution >= 4 is 11.1 Å². The van der Waals surface area contributed by atoms with E-state index in [9.17, 15) is 17.5 Å². The molecule has 2 nitrogen and oxygen atoms in total. The summed E-state index contributed by atoms with van der Waals surface area (Å²) in [5.41, 5.74) is 0. The molecule has 1 aliphatic rings. The Hall–Kier alpha value is 0.970. The summed E-state index contributed by atoms with van der Waals surface area (Å²) in [6.07, 6.45) is -0.0344. The number of alkyl halides is 2. The fraction of sp³-hybridized carbons (Fsp3) is 1.00. The van der Waals surface area contributed by atoms with Gasteiger partial charge in [0.05, 0.1) is 0 Å². The Balaban J connectivity index is 0.000001000. The van der Waals surface area contributed by atoms with Crippen LogP contribution in [-0.4, -0.2) is 20.4 Å². The van der Waals surface area contributed by atoms with E-state index in [0.29, 0.717) is 0 Å². The van der Waals surface area contributed by atoms with Gasteiger partial charge < -0.3 is 4.55 Å². The van der Waals surface area contributed by atoms with Crippen molar-refractivity contribution in [3.63, 3.8) is 0 Å². The molecule has 0 aliphatic heterocycles. The maximum atomic E-state index is 12.0. The summed E-state index contributed by atoms with van der Waals surface area (Å²) in [4.78, 5) is 0. The predicted octanol–water partition coefficient (Wildman–Crippen LogP) is -2.09. The third-order valence-electron chi connectivity index (χ3n) is 1.59. The van der Waals surface area contributed by atoms with Gasteiger partial charge in [-0.3, -0.25) is 4.21 Å². The Kier molecular flexibility index (Phi) is 4.65. The van der Waals surface area contributed by atoms with Crippen LogP contribution in [0.3, 0.4) is 0 Å². The molecule has 0 aromatic heterocycles. The largest absolute Gasteiger partial charge is 1.00 e. The van der Waals surface area contributed by atoms with Crippen molar-refractivity contribution in [3.05, 3.63) is 0 Å². The molecule has 1 rings (SSSR count). The fourth-order valence-electron chi connectivity index (χ4n) is 0.821. The molecule has 60 valence electrons. The van der Waals surface area contributed by atoms with Crippen LogP contribution in [0.4, 0.5) is 8.78 Å². The summed E-state index contributed by atoms with van der Waals surface area (Å²) in [6, 6.07) is 0. The van der Waals surface area contributed by atoms with Crippen LogP contribution in [0.2, 0.25) is 0 Å². The van der Waals surface area contributed by atoms with E-state index in [2.05, 4.69) is 0 Å². The van der Waals surface area contributed by atoms with Crippen LogP contribution in [0.1, 0.15) is 12.8 Å². The van der Waals surface area contributed by atoms with Crippen molar-refractivity contribution in [2.75, 3.05) is 5.75 Å². The Morgan fingerprint density at radius 2 is 2.09 bits per heavy atom. The molecule has 1 saturated carbocycles. The van der Waals surface area contributed by atoms with Crippen molar-refractivity contribution in [2.45, 2.75) is 18.8 Å². The molecule has 0 saturated heterocycles. The molecule has 2 unspecified atom stereocenters. The van der Waals surface area contributed by atoms with E-state index in [0.717, 1.165) is 0 Å². The second-order valence-corrected chi connectivity index (χ2v) is 3.47. The van der Waals surface area contributed by atoms with Crippen molar-refractivity contribution in [1.29, 1.82) is 0 Å². The third-order valence-corrected chi connectivity index (χ3v) is 2.16. The molecule has 0 heterocycles. The van der Waals surface area contributed by atoms with Gasteiger partial charge in [-0.05, 0) is 6.42 Å². The van der Waals surface area contributed by atoms with Gasteiger partial charge in [0, 0.05) is 18.1 Å². The van der Waals surface area contributed by atoms with Gasteiger partial charge in [0.2, 0.25) is 0 Å². The summed E-state index contributed by atoms with van der Waals surface area (Å²) >= 11 is -2.16. The maximum absolute atomic E-state index is 12.0. The van der Waals surface area contributed by atoms with Gasteiger partial charge in [0.1, 0.15) is 0 Å². The second-order valence-electron chi connectivity index (χ2n) is 2.46. The van der Waals surface area contributed by atoms with E-state index in [4.69, 9.17) is 0 Å². The Bertz CT molecular complexity index is 165. The fourth-order valence-corrected chi connectivity index (χ4v) is 1.30. The number of halogens is 2. The van der Waals surface area contributed by atoms with Gasteiger partial charge in [0.15, 0.2) is 0 Å². The first-order valence-corrected chi connectivity index (χ1v) is 4.20. The first kappa shape index (κ1) is 12.0. The average Bonchev–Trinajstić information content (AvgIpc) is 2.35. The average molecular weight is 192 g/mol. The normalized spacial score (nSPS) is 28.8. The van der Waals surface area contributed by atoms with E-state index in [1.54, 1.807) is 0 Å². The Morgan fingerprint density at radius 3 is 2.36 bits per heavy atom. The zero-order valence-corrected chi connectivity index (χ0v) is 9.00. The summed E-state index contributed by atoms with van der Waals surface area (Å²) in [6.45, 7) is 0. The molecule has 11 heavy (non-hydrogen) atoms. The molecule has 0 bridgehead atoms. The Morgan fingerprint density at radius 1 is 1.64 bits per heavy atom. The molecule has 0 radical (unpaired) electrons. The van der Waals surface area contributed by atoms with Gasteiger partial charge in [-0.2, -0.15) is 0 Å². The molecular formula is C5H7F2NaO2S. The molecular weight excluding hydrogens is 185 g/mol. The van der Waals surface area contributed by atoms with E-state index >= 15 is 0 Å². The quantitative estimate of drug-likeness (QED) is 0.380. The molecule has 6 heteroatoms. The topological polar surface area (TPSA) is 40.1 Å². The van der Waals surface area contributed by atoms with Gasteiger partial charge in [0.25, 0.3) is 5.92 Å². The van der Waals surface area contributed by atoms with Crippen molar-refractivity contribution < 1.29 is 47.1 Å². The molecule has 2 atom stereocenters. The molecule has 0 spiro atoms. The van der Waals surface area contributed by atoms with E-state index in [1.807, 2.05) is 0 Å². The summed E-state index contributed by atoms with van der Waals surface area (Å²) < 4.78 is 43.9. The second kappa shape index (κ2) is 4.28. The molecule has 0 aromatic rings. The van der Waals surface area contributed by atoms with Crippen LogP contribution >= 0.6 is 0 Å². The van der Waals surface area contributed by atoms with E-state index in [-0.39, 0.29) is 48.2 Å². The van der Waals surface area contributed by atoms with E-state index in [1.165, 1.54) is 0 Å². The van der Waals surface area contributed by atoms with Crippen LogP contribution < -0.4 is 29.6 Å². The Labute approximate surface area is 88.3 Å². The first-order valence-electron chi connectivity index (χ1n) is 2.96. The first-order chi connectivity index (χ1) is 4.52. The maximum Gasteiger partial charge on any atom is 1.00 e. The van der Waals surface area contributed by atoms with Crippen LogP contribution in [0.15, 0.2) is 0 Å². The van der Waals surface area contributed by atoms with Crippen LogP contribution in [0.25, 0.3) is 0 Å². The third kappa shape index (κ3) is 3.94. The number of rotatable bonds is 3. The van der Waals surface area contributed by atoms with Crippen molar-refractivity contribution in [3.8, 4) is 0 Å². The summed E-state index contributed by atoms with van der Waals surface area (Å²) in [5.74, 6) is -3.38. The minimum atomic E-state index is -2.57. The zero-order valence-electron chi connectivity index (χ0n) is 6.18. The summed E-state index contributed by atoms with van der Waals surface area (Å²) in [5, 5.41) is 0. The predicted molar refractivity (Wildman–Crippen MR) is 31.5 cm³/mol. The molecule has 1 aliphatic carbocycles. The van der Waals surface area contributed by atoms with Gasteiger partial charge in [-0.15, -0.1) is 0 Å².